The predicted octanol–water partition coefficient (Wildman–Crippen LogP) is 5.20. The first-order valence-electron chi connectivity index (χ1n) is 9.34. The van der Waals surface area contributed by atoms with Gasteiger partial charge in [0.15, 0.2) is 0 Å². The van der Waals surface area contributed by atoms with Gasteiger partial charge in [-0.15, -0.1) is 0 Å². The molecule has 5 nitrogen and oxygen atoms in total. The summed E-state index contributed by atoms with van der Waals surface area (Å²) in [6.07, 6.45) is 0.839. The van der Waals surface area contributed by atoms with Gasteiger partial charge in [0.05, 0.1) is 11.1 Å². The molecule has 2 heterocycles. The van der Waals surface area contributed by atoms with Crippen LogP contribution in [0.4, 0.5) is 23.4 Å². The highest BCUT2D eigenvalue weighted by molar-refractivity contribution is 6.33. The Morgan fingerprint density at radius 3 is 2.69 bits per heavy atom. The quantitative estimate of drug-likeness (QED) is 0.462. The van der Waals surface area contributed by atoms with Gasteiger partial charge < -0.3 is 5.32 Å². The molecule has 2 fully saturated rings. The van der Waals surface area contributed by atoms with Gasteiger partial charge in [-0.2, -0.15) is 32.8 Å². The molecule has 152 valence electrons. The van der Waals surface area contributed by atoms with Gasteiger partial charge in [0.2, 0.25) is 0 Å². The highest BCUT2D eigenvalue weighted by atomic mass is 35.5. The lowest BCUT2D eigenvalue weighted by Crippen LogP contribution is -2.27. The molecule has 3 atom stereocenters. The Labute approximate surface area is 168 Å². The van der Waals surface area contributed by atoms with Crippen molar-refractivity contribution in [1.82, 2.24) is 19.6 Å². The van der Waals surface area contributed by atoms with Gasteiger partial charge in [-0.3, -0.25) is 0 Å². The monoisotopic (exact) mass is 425 g/mol. The lowest BCUT2D eigenvalue weighted by atomic mass is 9.94. The Kier molecular flexibility index (Phi) is 4.20. The Bertz CT molecular complexity index is 1100. The van der Waals surface area contributed by atoms with Crippen molar-refractivity contribution >= 4 is 23.2 Å². The van der Waals surface area contributed by atoms with E-state index in [1.807, 2.05) is 0 Å². The number of aromatic nitrogens is 4. The average Bonchev–Trinajstić information content (AvgIpc) is 3.37. The number of fused-ring (bicyclic) bond motifs is 3. The summed E-state index contributed by atoms with van der Waals surface area (Å²) >= 11 is 6.32. The van der Waals surface area contributed by atoms with Crippen LogP contribution in [0, 0.1) is 17.7 Å². The van der Waals surface area contributed by atoms with Crippen molar-refractivity contribution in [2.45, 2.75) is 37.9 Å². The zero-order chi connectivity index (χ0) is 20.3. The summed E-state index contributed by atoms with van der Waals surface area (Å²) in [6, 6.07) is 2.42. The largest absolute Gasteiger partial charge is 0.417 e. The van der Waals surface area contributed by atoms with E-state index in [9.17, 15) is 17.6 Å². The zero-order valence-electron chi connectivity index (χ0n) is 15.0. The van der Waals surface area contributed by atoms with E-state index in [2.05, 4.69) is 20.4 Å². The molecule has 10 heteroatoms. The van der Waals surface area contributed by atoms with Crippen LogP contribution in [0.15, 0.2) is 24.5 Å². The van der Waals surface area contributed by atoms with Crippen LogP contribution in [0.2, 0.25) is 5.15 Å². The number of hydrogen-bond acceptors (Lipinski definition) is 4. The normalized spacial score (nSPS) is 23.8. The van der Waals surface area contributed by atoms with Gasteiger partial charge in [0.25, 0.3) is 5.78 Å². The summed E-state index contributed by atoms with van der Waals surface area (Å²) in [5, 5.41) is 7.28. The lowest BCUT2D eigenvalue weighted by Gasteiger charge is -2.26. The summed E-state index contributed by atoms with van der Waals surface area (Å²) in [5.74, 6) is 0.673. The molecular weight excluding hydrogens is 410 g/mol. The van der Waals surface area contributed by atoms with Crippen LogP contribution in [0.25, 0.3) is 16.9 Å². The second kappa shape index (κ2) is 6.55. The second-order valence-corrected chi connectivity index (χ2v) is 8.07. The van der Waals surface area contributed by atoms with E-state index in [-0.39, 0.29) is 33.9 Å². The van der Waals surface area contributed by atoms with E-state index in [0.717, 1.165) is 31.4 Å². The first kappa shape index (κ1) is 18.6. The predicted molar refractivity (Wildman–Crippen MR) is 99.0 cm³/mol. The van der Waals surface area contributed by atoms with Gasteiger partial charge >= 0.3 is 6.18 Å². The van der Waals surface area contributed by atoms with Gasteiger partial charge in [0, 0.05) is 11.6 Å². The summed E-state index contributed by atoms with van der Waals surface area (Å²) < 4.78 is 56.3. The van der Waals surface area contributed by atoms with Crippen LogP contribution < -0.4 is 5.32 Å². The van der Waals surface area contributed by atoms with Crippen molar-refractivity contribution in [2.24, 2.45) is 11.8 Å². The number of hydrogen-bond donors (Lipinski definition) is 1. The number of nitrogens with zero attached hydrogens (tertiary/aromatic N) is 4. The fourth-order valence-corrected chi connectivity index (χ4v) is 5.02. The molecule has 0 saturated heterocycles. The van der Waals surface area contributed by atoms with Crippen molar-refractivity contribution in [3.63, 3.8) is 0 Å². The van der Waals surface area contributed by atoms with Crippen molar-refractivity contribution in [3.05, 3.63) is 41.1 Å². The van der Waals surface area contributed by atoms with Crippen molar-refractivity contribution in [3.8, 4) is 11.1 Å². The van der Waals surface area contributed by atoms with E-state index in [4.69, 9.17) is 11.6 Å². The van der Waals surface area contributed by atoms with E-state index < -0.39 is 17.6 Å². The third-order valence-corrected chi connectivity index (χ3v) is 6.27. The topological polar surface area (TPSA) is 55.1 Å². The first-order valence-corrected chi connectivity index (χ1v) is 9.72. The molecule has 0 radical (unpaired) electrons. The molecule has 2 aliphatic carbocycles. The minimum Gasteiger partial charge on any atom is -0.366 e. The van der Waals surface area contributed by atoms with Gasteiger partial charge in [-0.25, -0.2) is 4.39 Å². The van der Waals surface area contributed by atoms with E-state index in [1.54, 1.807) is 0 Å². The molecule has 3 unspecified atom stereocenters. The molecule has 29 heavy (non-hydrogen) atoms. The van der Waals surface area contributed by atoms with Crippen molar-refractivity contribution in [1.29, 1.82) is 0 Å². The average molecular weight is 426 g/mol. The number of rotatable bonds is 3. The number of nitrogens with one attached hydrogen (secondary N) is 1. The number of benzene rings is 1. The fraction of sp³-hybridized carbons (Fsp3) is 0.421. The number of anilines is 1. The Morgan fingerprint density at radius 1 is 1.17 bits per heavy atom. The molecule has 2 aromatic heterocycles. The zero-order valence-corrected chi connectivity index (χ0v) is 15.8. The van der Waals surface area contributed by atoms with Crippen molar-refractivity contribution < 1.29 is 17.6 Å². The maximum atomic E-state index is 14.0. The highest BCUT2D eigenvalue weighted by Gasteiger charge is 2.41. The van der Waals surface area contributed by atoms with E-state index >= 15 is 0 Å². The summed E-state index contributed by atoms with van der Waals surface area (Å²) in [7, 11) is 0. The molecule has 0 aliphatic heterocycles. The minimum absolute atomic E-state index is 0.0285. The van der Waals surface area contributed by atoms with Crippen LogP contribution in [-0.2, 0) is 6.18 Å². The molecule has 2 aliphatic rings. The first-order chi connectivity index (χ1) is 13.8. The Balaban J connectivity index is 1.72. The van der Waals surface area contributed by atoms with Gasteiger partial charge in [0.1, 0.15) is 23.1 Å². The van der Waals surface area contributed by atoms with Gasteiger partial charge in [-0.1, -0.05) is 18.0 Å². The molecule has 0 spiro atoms. The van der Waals surface area contributed by atoms with Crippen LogP contribution in [0.5, 0.6) is 0 Å². The second-order valence-electron chi connectivity index (χ2n) is 7.71. The molecule has 3 aromatic rings. The lowest BCUT2D eigenvalue weighted by molar-refractivity contribution is -0.137. The summed E-state index contributed by atoms with van der Waals surface area (Å²) in [4.78, 5) is 8.08. The molecule has 2 saturated carbocycles. The van der Waals surface area contributed by atoms with Crippen LogP contribution in [0.1, 0.15) is 31.2 Å². The highest BCUT2D eigenvalue weighted by Crippen LogP contribution is 2.47. The summed E-state index contributed by atoms with van der Waals surface area (Å²) in [6.45, 7) is 0. The van der Waals surface area contributed by atoms with Gasteiger partial charge in [-0.05, 0) is 49.3 Å². The standard InChI is InChI=1S/C19H16ClF4N5/c20-16-15(12-7-11(21)3-4-13(12)19(22,23)24)17(29-18(28-16)25-8-26-29)27-14-6-9-1-2-10(14)5-9/h3-4,7-10,14,27H,1-2,5-6H2. The number of alkyl halides is 3. The third-order valence-electron chi connectivity index (χ3n) is 6.00. The van der Waals surface area contributed by atoms with Crippen molar-refractivity contribution in [2.75, 3.05) is 5.32 Å². The fourth-order valence-electron chi connectivity index (χ4n) is 4.76. The Hall–Kier alpha value is -2.42. The van der Waals surface area contributed by atoms with E-state index in [1.165, 1.54) is 17.3 Å². The molecule has 1 aromatic carbocycles. The molecule has 1 N–H and O–H groups in total. The van der Waals surface area contributed by atoms with Crippen LogP contribution >= 0.6 is 11.6 Å². The maximum absolute atomic E-state index is 14.0. The van der Waals surface area contributed by atoms with Crippen LogP contribution in [0.3, 0.4) is 0 Å². The minimum atomic E-state index is -4.69. The third kappa shape index (κ3) is 3.11. The van der Waals surface area contributed by atoms with Crippen LogP contribution in [-0.4, -0.2) is 25.6 Å². The molecule has 2 bridgehead atoms. The molecular formula is C19H16ClF4N5. The molecule has 0 amide bonds. The van der Waals surface area contributed by atoms with E-state index in [0.29, 0.717) is 17.9 Å². The maximum Gasteiger partial charge on any atom is 0.417 e. The Morgan fingerprint density at radius 2 is 2.00 bits per heavy atom. The molecule has 5 rings (SSSR count). The SMILES string of the molecule is Fc1ccc(C(F)(F)F)c(-c2c(Cl)nc3ncnn3c2NC2CC3CCC2C3)c1. The smallest absolute Gasteiger partial charge is 0.366 e. The number of halogens is 5. The summed E-state index contributed by atoms with van der Waals surface area (Å²) in [5.41, 5.74) is -1.39.